The highest BCUT2D eigenvalue weighted by Crippen LogP contribution is 2.26. The first-order chi connectivity index (χ1) is 9.60. The smallest absolute Gasteiger partial charge is 0.251 e. The molecule has 0 saturated carbocycles. The fourth-order valence-corrected chi connectivity index (χ4v) is 2.20. The molecule has 2 heterocycles. The van der Waals surface area contributed by atoms with Gasteiger partial charge in [-0.2, -0.15) is 10.5 Å². The van der Waals surface area contributed by atoms with Crippen LogP contribution in [0.3, 0.4) is 0 Å². The second kappa shape index (κ2) is 5.91. The van der Waals surface area contributed by atoms with Crippen LogP contribution < -0.4 is 5.56 Å². The van der Waals surface area contributed by atoms with Crippen LogP contribution in [0.4, 0.5) is 0 Å². The summed E-state index contributed by atoms with van der Waals surface area (Å²) in [6.45, 7) is 1.72. The molecule has 0 amide bonds. The van der Waals surface area contributed by atoms with Gasteiger partial charge in [-0.1, -0.05) is 0 Å². The lowest BCUT2D eigenvalue weighted by molar-refractivity contribution is 0.465. The molecule has 0 aromatic carbocycles. The lowest BCUT2D eigenvalue weighted by atomic mass is 10.3. The molecule has 20 heavy (non-hydrogen) atoms. The van der Waals surface area contributed by atoms with Gasteiger partial charge in [0, 0.05) is 17.8 Å². The zero-order valence-corrected chi connectivity index (χ0v) is 11.2. The summed E-state index contributed by atoms with van der Waals surface area (Å²) in [5.41, 5.74) is 0.333. The van der Waals surface area contributed by atoms with Gasteiger partial charge in [0.2, 0.25) is 0 Å². The molecule has 0 atom stereocenters. The fourth-order valence-electron chi connectivity index (χ4n) is 1.39. The summed E-state index contributed by atoms with van der Waals surface area (Å²) in [6, 6.07) is 8.19. The standard InChI is InChI=1S/C13H8N4O2S/c1-8-4-11(18)17-13(16-8)20-12-3-2-10(19-12)5-9(6-14)7-15/h2-5H,1H3,(H,16,17,18). The van der Waals surface area contributed by atoms with Crippen molar-refractivity contribution < 1.29 is 4.42 Å². The van der Waals surface area contributed by atoms with E-state index in [0.717, 1.165) is 11.8 Å². The highest BCUT2D eigenvalue weighted by Gasteiger charge is 2.06. The number of nitrogens with zero attached hydrogens (tertiary/aromatic N) is 3. The average Bonchev–Trinajstić information content (AvgIpc) is 2.82. The first kappa shape index (κ1) is 13.7. The van der Waals surface area contributed by atoms with Gasteiger partial charge in [0.1, 0.15) is 23.5 Å². The minimum Gasteiger partial charge on any atom is -0.450 e. The van der Waals surface area contributed by atoms with Gasteiger partial charge in [-0.3, -0.25) is 4.79 Å². The van der Waals surface area contributed by atoms with Crippen molar-refractivity contribution in [2.24, 2.45) is 0 Å². The van der Waals surface area contributed by atoms with Crippen molar-refractivity contribution in [3.05, 3.63) is 45.6 Å². The predicted molar refractivity (Wildman–Crippen MR) is 71.6 cm³/mol. The molecule has 0 spiro atoms. The van der Waals surface area contributed by atoms with Crippen molar-refractivity contribution in [1.82, 2.24) is 9.97 Å². The number of nitriles is 2. The molecule has 0 saturated heterocycles. The monoisotopic (exact) mass is 284 g/mol. The van der Waals surface area contributed by atoms with Gasteiger partial charge < -0.3 is 9.40 Å². The van der Waals surface area contributed by atoms with E-state index in [-0.39, 0.29) is 11.1 Å². The number of aromatic nitrogens is 2. The highest BCUT2D eigenvalue weighted by atomic mass is 32.2. The number of H-pyrrole nitrogens is 1. The number of furan rings is 1. The zero-order chi connectivity index (χ0) is 14.5. The Hall–Kier alpha value is -2.77. The topological polar surface area (TPSA) is 106 Å². The molecule has 2 aromatic heterocycles. The van der Waals surface area contributed by atoms with Gasteiger partial charge in [-0.15, -0.1) is 0 Å². The largest absolute Gasteiger partial charge is 0.450 e. The van der Waals surface area contributed by atoms with E-state index in [1.807, 2.05) is 0 Å². The lowest BCUT2D eigenvalue weighted by Gasteiger charge is -1.97. The number of hydrogen-bond donors (Lipinski definition) is 1. The van der Waals surface area contributed by atoms with Crippen molar-refractivity contribution >= 4 is 17.8 Å². The number of nitrogens with one attached hydrogen (secondary N) is 1. The van der Waals surface area contributed by atoms with Gasteiger partial charge in [-0.25, -0.2) is 4.98 Å². The third kappa shape index (κ3) is 3.37. The molecule has 0 aliphatic rings. The van der Waals surface area contributed by atoms with E-state index in [1.54, 1.807) is 31.2 Å². The van der Waals surface area contributed by atoms with Crippen LogP contribution in [-0.2, 0) is 0 Å². The summed E-state index contributed by atoms with van der Waals surface area (Å²) >= 11 is 1.15. The molecule has 0 aliphatic carbocycles. The minimum atomic E-state index is -0.233. The molecule has 0 radical (unpaired) electrons. The second-order valence-corrected chi connectivity index (χ2v) is 4.73. The SMILES string of the molecule is Cc1cc(=O)[nH]c(Sc2ccc(C=C(C#N)C#N)o2)n1. The molecule has 1 N–H and O–H groups in total. The summed E-state index contributed by atoms with van der Waals surface area (Å²) < 4.78 is 5.42. The Labute approximate surface area is 118 Å². The Kier molecular flexibility index (Phi) is 4.04. The summed E-state index contributed by atoms with van der Waals surface area (Å²) in [6.07, 6.45) is 1.34. The maximum absolute atomic E-state index is 11.3. The molecule has 98 valence electrons. The van der Waals surface area contributed by atoms with Crippen LogP contribution in [0.5, 0.6) is 0 Å². The number of rotatable bonds is 3. The predicted octanol–water partition coefficient (Wildman–Crippen LogP) is 2.25. The van der Waals surface area contributed by atoms with E-state index in [1.165, 1.54) is 12.1 Å². The third-order valence-corrected chi connectivity index (χ3v) is 2.98. The summed E-state index contributed by atoms with van der Waals surface area (Å²) in [7, 11) is 0. The van der Waals surface area contributed by atoms with E-state index in [9.17, 15) is 4.79 Å². The molecule has 0 unspecified atom stereocenters. The van der Waals surface area contributed by atoms with Gasteiger partial charge in [-0.05, 0) is 30.8 Å². The van der Waals surface area contributed by atoms with Crippen molar-refractivity contribution in [2.75, 3.05) is 0 Å². The number of aryl methyl sites for hydroxylation is 1. The Morgan fingerprint density at radius 1 is 1.45 bits per heavy atom. The maximum atomic E-state index is 11.3. The third-order valence-electron chi connectivity index (χ3n) is 2.17. The molecule has 0 aliphatic heterocycles. The van der Waals surface area contributed by atoms with Gasteiger partial charge >= 0.3 is 0 Å². The van der Waals surface area contributed by atoms with Crippen molar-refractivity contribution in [1.29, 1.82) is 10.5 Å². The van der Waals surface area contributed by atoms with E-state index >= 15 is 0 Å². The summed E-state index contributed by atoms with van der Waals surface area (Å²) in [4.78, 5) is 18.1. The van der Waals surface area contributed by atoms with Gasteiger partial charge in [0.15, 0.2) is 10.2 Å². The van der Waals surface area contributed by atoms with Crippen LogP contribution in [0.2, 0.25) is 0 Å². The highest BCUT2D eigenvalue weighted by molar-refractivity contribution is 7.99. The van der Waals surface area contributed by atoms with Crippen molar-refractivity contribution in [2.45, 2.75) is 17.2 Å². The van der Waals surface area contributed by atoms with Crippen molar-refractivity contribution in [3.63, 3.8) is 0 Å². The number of hydrogen-bond acceptors (Lipinski definition) is 6. The normalized spacial score (nSPS) is 9.55. The Bertz CT molecular complexity index is 789. The Morgan fingerprint density at radius 3 is 2.85 bits per heavy atom. The molecule has 2 rings (SSSR count). The van der Waals surface area contributed by atoms with Crippen LogP contribution >= 0.6 is 11.8 Å². The summed E-state index contributed by atoms with van der Waals surface area (Å²) in [5.74, 6) is 0.389. The molecular weight excluding hydrogens is 276 g/mol. The fraction of sp³-hybridized carbons (Fsp3) is 0.0769. The Morgan fingerprint density at radius 2 is 2.20 bits per heavy atom. The van der Waals surface area contributed by atoms with Crippen LogP contribution in [0.1, 0.15) is 11.5 Å². The molecule has 6 nitrogen and oxygen atoms in total. The van der Waals surface area contributed by atoms with E-state index in [0.29, 0.717) is 21.7 Å². The molecule has 2 aromatic rings. The quantitative estimate of drug-likeness (QED) is 0.684. The van der Waals surface area contributed by atoms with Crippen LogP contribution in [0, 0.1) is 29.6 Å². The maximum Gasteiger partial charge on any atom is 0.251 e. The summed E-state index contributed by atoms with van der Waals surface area (Å²) in [5, 5.41) is 18.2. The van der Waals surface area contributed by atoms with E-state index in [2.05, 4.69) is 9.97 Å². The molecule has 7 heteroatoms. The van der Waals surface area contributed by atoms with Crippen LogP contribution in [-0.4, -0.2) is 9.97 Å². The van der Waals surface area contributed by atoms with Crippen LogP contribution in [0.15, 0.2) is 43.2 Å². The first-order valence-corrected chi connectivity index (χ1v) is 6.30. The average molecular weight is 284 g/mol. The van der Waals surface area contributed by atoms with Crippen LogP contribution in [0.25, 0.3) is 6.08 Å². The number of allylic oxidation sites excluding steroid dienone is 1. The van der Waals surface area contributed by atoms with Gasteiger partial charge in [0.05, 0.1) is 0 Å². The first-order valence-electron chi connectivity index (χ1n) is 5.48. The van der Waals surface area contributed by atoms with Gasteiger partial charge in [0.25, 0.3) is 5.56 Å². The van der Waals surface area contributed by atoms with E-state index in [4.69, 9.17) is 14.9 Å². The lowest BCUT2D eigenvalue weighted by Crippen LogP contribution is -2.07. The van der Waals surface area contributed by atoms with E-state index < -0.39 is 0 Å². The minimum absolute atomic E-state index is 0.0435. The van der Waals surface area contributed by atoms with Crippen molar-refractivity contribution in [3.8, 4) is 12.1 Å². The second-order valence-electron chi connectivity index (χ2n) is 3.73. The molecule has 0 bridgehead atoms. The number of aromatic amines is 1. The zero-order valence-electron chi connectivity index (χ0n) is 10.4. The molecular formula is C13H8N4O2S. The molecule has 0 fully saturated rings. The Balaban J connectivity index is 2.22.